The summed E-state index contributed by atoms with van der Waals surface area (Å²) in [5.41, 5.74) is 0. The maximum absolute atomic E-state index is 13.5. The second-order valence-corrected chi connectivity index (χ2v) is 17.7. The van der Waals surface area contributed by atoms with Crippen LogP contribution in [0, 0.1) is 45.3 Å². The summed E-state index contributed by atoms with van der Waals surface area (Å²) in [4.78, 5) is 0. The zero-order valence-electron chi connectivity index (χ0n) is 17.3. The minimum Gasteiger partial charge on any atom is -0.324 e. The Bertz CT molecular complexity index is 793. The Labute approximate surface area is 175 Å². The van der Waals surface area contributed by atoms with Crippen molar-refractivity contribution in [2.45, 2.75) is 39.0 Å². The van der Waals surface area contributed by atoms with Crippen molar-refractivity contribution in [3.63, 3.8) is 0 Å². The Morgan fingerprint density at radius 3 is 0.966 bits per heavy atom. The molecule has 0 radical (unpaired) electrons. The summed E-state index contributed by atoms with van der Waals surface area (Å²) in [6, 6.07) is 7.99. The molecule has 0 aromatic carbocycles. The first kappa shape index (κ1) is 27.6. The molecule has 0 heterocycles. The van der Waals surface area contributed by atoms with Gasteiger partial charge in [0.25, 0.3) is 0 Å². The van der Waals surface area contributed by atoms with Gasteiger partial charge in [0.2, 0.25) is 0 Å². The molecule has 0 aliphatic rings. The molecule has 0 fully saturated rings. The SMILES string of the molecule is CCCP(=O)(CCC#N)CCP(=O)(CCC#N)CCP(=O)(CCC#N)CCC#N. The molecule has 0 bridgehead atoms. The van der Waals surface area contributed by atoms with Crippen molar-refractivity contribution in [2.24, 2.45) is 0 Å². The Morgan fingerprint density at radius 1 is 0.483 bits per heavy atom. The molecule has 2 atom stereocenters. The number of rotatable bonds is 16. The normalized spacial score (nSPS) is 15.1. The van der Waals surface area contributed by atoms with Crippen LogP contribution >= 0.6 is 21.4 Å². The first-order chi connectivity index (χ1) is 13.7. The molecule has 0 rings (SSSR count). The van der Waals surface area contributed by atoms with Gasteiger partial charge in [0.1, 0.15) is 0 Å². The Morgan fingerprint density at radius 2 is 0.724 bits per heavy atom. The van der Waals surface area contributed by atoms with E-state index in [0.29, 0.717) is 12.3 Å². The third kappa shape index (κ3) is 12.1. The average molecular weight is 456 g/mol. The number of nitriles is 4. The average Bonchev–Trinajstić information content (AvgIpc) is 2.71. The Kier molecular flexibility index (Phi) is 13.9. The molecule has 160 valence electrons. The highest BCUT2D eigenvalue weighted by Gasteiger charge is 2.31. The van der Waals surface area contributed by atoms with Crippen LogP contribution in [0.1, 0.15) is 39.0 Å². The number of nitrogens with zero attached hydrogens (tertiary/aromatic N) is 4. The van der Waals surface area contributed by atoms with Crippen molar-refractivity contribution in [3.8, 4) is 24.3 Å². The number of hydrogen-bond donors (Lipinski definition) is 0. The van der Waals surface area contributed by atoms with E-state index >= 15 is 0 Å². The van der Waals surface area contributed by atoms with Crippen molar-refractivity contribution < 1.29 is 13.7 Å². The summed E-state index contributed by atoms with van der Waals surface area (Å²) in [5, 5.41) is 35.4. The third-order valence-corrected chi connectivity index (χ3v) is 15.3. The van der Waals surface area contributed by atoms with Gasteiger partial charge in [-0.05, 0) is 6.42 Å². The molecular weight excluding hydrogens is 425 g/mol. The molecule has 0 amide bonds. The second-order valence-electron chi connectivity index (χ2n) is 7.32. The standard InChI is InChI=1S/C19H31N4O3P3/c1-2-11-27(24,12-3-7-20)16-18-29(26,15-6-10-23)19-17-28(25,13-4-8-21)14-5-9-22/h2-6,11-19H2,1H3. The molecule has 10 heteroatoms. The summed E-state index contributed by atoms with van der Waals surface area (Å²) in [6.45, 7) is 1.93. The lowest BCUT2D eigenvalue weighted by Crippen LogP contribution is -2.11. The van der Waals surface area contributed by atoms with Gasteiger partial charge < -0.3 is 13.7 Å². The highest BCUT2D eigenvalue weighted by molar-refractivity contribution is 7.69. The first-order valence-corrected chi connectivity index (χ1v) is 16.7. The van der Waals surface area contributed by atoms with Gasteiger partial charge in [0.05, 0.1) is 45.7 Å². The smallest absolute Gasteiger partial charge is 0.0902 e. The molecule has 0 saturated carbocycles. The topological polar surface area (TPSA) is 146 Å². The fourth-order valence-electron chi connectivity index (χ4n) is 3.16. The minimum absolute atomic E-state index is 0.119. The van der Waals surface area contributed by atoms with Crippen molar-refractivity contribution in [1.29, 1.82) is 21.0 Å². The van der Waals surface area contributed by atoms with Crippen LogP contribution < -0.4 is 0 Å². The van der Waals surface area contributed by atoms with E-state index in [-0.39, 0.29) is 68.8 Å². The van der Waals surface area contributed by atoms with E-state index in [4.69, 9.17) is 21.0 Å². The minimum atomic E-state index is -2.86. The largest absolute Gasteiger partial charge is 0.324 e. The van der Waals surface area contributed by atoms with Crippen LogP contribution in [0.5, 0.6) is 0 Å². The quantitative estimate of drug-likeness (QED) is 0.292. The van der Waals surface area contributed by atoms with Gasteiger partial charge in [0, 0.05) is 81.1 Å². The van der Waals surface area contributed by atoms with Crippen molar-refractivity contribution in [1.82, 2.24) is 0 Å². The van der Waals surface area contributed by atoms with Gasteiger partial charge in [-0.15, -0.1) is 0 Å². The molecular formula is C19H31N4O3P3. The van der Waals surface area contributed by atoms with Gasteiger partial charge in [-0.1, -0.05) is 6.92 Å². The van der Waals surface area contributed by atoms with Crippen LogP contribution in [0.15, 0.2) is 0 Å². The summed E-state index contributed by atoms with van der Waals surface area (Å²) in [6.07, 6.45) is 3.64. The van der Waals surface area contributed by atoms with Gasteiger partial charge >= 0.3 is 0 Å². The van der Waals surface area contributed by atoms with Gasteiger partial charge in [-0.2, -0.15) is 21.0 Å². The van der Waals surface area contributed by atoms with E-state index in [1.807, 2.05) is 31.2 Å². The fraction of sp³-hybridized carbons (Fsp3) is 0.789. The highest BCUT2D eigenvalue weighted by Crippen LogP contribution is 2.57. The summed E-state index contributed by atoms with van der Waals surface area (Å²) < 4.78 is 39.7. The lowest BCUT2D eigenvalue weighted by Gasteiger charge is -2.24. The van der Waals surface area contributed by atoms with E-state index in [1.165, 1.54) is 0 Å². The second kappa shape index (κ2) is 14.6. The summed E-state index contributed by atoms with van der Waals surface area (Å²) in [5.74, 6) is 0. The maximum Gasteiger partial charge on any atom is 0.0902 e. The van der Waals surface area contributed by atoms with E-state index in [1.54, 1.807) is 0 Å². The third-order valence-electron chi connectivity index (χ3n) is 4.99. The van der Waals surface area contributed by atoms with E-state index in [0.717, 1.165) is 6.42 Å². The lowest BCUT2D eigenvalue weighted by atomic mass is 10.5. The monoisotopic (exact) mass is 456 g/mol. The molecule has 0 saturated heterocycles. The van der Waals surface area contributed by atoms with Crippen LogP contribution in [-0.2, 0) is 13.7 Å². The molecule has 0 N–H and O–H groups in total. The maximum atomic E-state index is 13.5. The highest BCUT2D eigenvalue weighted by atomic mass is 31.2. The molecule has 0 aromatic heterocycles. The lowest BCUT2D eigenvalue weighted by molar-refractivity contribution is 0.565. The molecule has 0 aromatic rings. The van der Waals surface area contributed by atoms with Crippen molar-refractivity contribution in [2.75, 3.05) is 55.5 Å². The zero-order valence-corrected chi connectivity index (χ0v) is 19.9. The van der Waals surface area contributed by atoms with E-state index in [2.05, 4.69) is 0 Å². The molecule has 0 spiro atoms. The van der Waals surface area contributed by atoms with Crippen molar-refractivity contribution in [3.05, 3.63) is 0 Å². The van der Waals surface area contributed by atoms with E-state index in [9.17, 15) is 13.7 Å². The molecule has 0 aliphatic heterocycles. The predicted octanol–water partition coefficient (Wildman–Crippen LogP) is 5.14. The van der Waals surface area contributed by atoms with Gasteiger partial charge in [-0.3, -0.25) is 0 Å². The summed E-state index contributed by atoms with van der Waals surface area (Å²) in [7, 11) is -8.25. The molecule has 0 aliphatic carbocycles. The van der Waals surface area contributed by atoms with Crippen molar-refractivity contribution >= 4 is 21.4 Å². The Balaban J connectivity index is 5.31. The van der Waals surface area contributed by atoms with Crippen LogP contribution in [0.4, 0.5) is 0 Å². The Hall–Kier alpha value is -1.35. The molecule has 2 unspecified atom stereocenters. The van der Waals surface area contributed by atoms with E-state index < -0.39 is 21.4 Å². The predicted molar refractivity (Wildman–Crippen MR) is 118 cm³/mol. The van der Waals surface area contributed by atoms with Crippen LogP contribution in [0.2, 0.25) is 0 Å². The first-order valence-electron chi connectivity index (χ1n) is 9.91. The van der Waals surface area contributed by atoms with Crippen LogP contribution in [0.3, 0.4) is 0 Å². The zero-order chi connectivity index (χ0) is 22.2. The van der Waals surface area contributed by atoms with Gasteiger partial charge in [0.15, 0.2) is 0 Å². The van der Waals surface area contributed by atoms with Crippen LogP contribution in [-0.4, -0.2) is 55.5 Å². The summed E-state index contributed by atoms with van der Waals surface area (Å²) >= 11 is 0. The van der Waals surface area contributed by atoms with Crippen LogP contribution in [0.25, 0.3) is 0 Å². The number of hydrogen-bond acceptors (Lipinski definition) is 7. The molecule has 7 nitrogen and oxygen atoms in total. The fourth-order valence-corrected chi connectivity index (χ4v) is 13.8. The molecule has 29 heavy (non-hydrogen) atoms. The van der Waals surface area contributed by atoms with Gasteiger partial charge in [-0.25, -0.2) is 0 Å².